The van der Waals surface area contributed by atoms with Crippen LogP contribution in [0.3, 0.4) is 0 Å². The van der Waals surface area contributed by atoms with Gasteiger partial charge in [-0.25, -0.2) is 10.0 Å². The molecule has 11 heteroatoms. The predicted molar refractivity (Wildman–Crippen MR) is 140 cm³/mol. The van der Waals surface area contributed by atoms with Crippen molar-refractivity contribution in [1.29, 1.82) is 0 Å². The number of carbonyl (C=O) groups excluding carboxylic acids is 3. The van der Waals surface area contributed by atoms with Gasteiger partial charge >= 0.3 is 5.97 Å². The van der Waals surface area contributed by atoms with Crippen molar-refractivity contribution >= 4 is 35.2 Å². The van der Waals surface area contributed by atoms with Gasteiger partial charge in [-0.2, -0.15) is 17.0 Å². The lowest BCUT2D eigenvalue weighted by atomic mass is 10.2. The van der Waals surface area contributed by atoms with Crippen molar-refractivity contribution in [2.45, 2.75) is 26.5 Å². The highest BCUT2D eigenvalue weighted by atomic mass is 32.2. The number of amides is 2. The number of hydrogen-bond acceptors (Lipinski definition) is 8. The monoisotopic (exact) mass is 529 g/mol. The van der Waals surface area contributed by atoms with Crippen molar-refractivity contribution in [1.82, 2.24) is 10.6 Å². The number of rotatable bonds is 14. The quantitative estimate of drug-likeness (QED) is 0.0958. The maximum absolute atomic E-state index is 13.0. The Balaban J connectivity index is 2.00. The van der Waals surface area contributed by atoms with Crippen molar-refractivity contribution in [3.63, 3.8) is 0 Å². The number of esters is 1. The average molecular weight is 530 g/mol. The van der Waals surface area contributed by atoms with Gasteiger partial charge in [-0.3, -0.25) is 9.59 Å². The van der Waals surface area contributed by atoms with Gasteiger partial charge in [0, 0.05) is 23.6 Å². The van der Waals surface area contributed by atoms with Crippen LogP contribution in [0, 0.1) is 5.21 Å². The molecule has 37 heavy (non-hydrogen) atoms. The molecule has 2 amide bonds. The maximum atomic E-state index is 13.0. The number of hydrogen-bond donors (Lipinski definition) is 4. The molecule has 0 heterocycles. The molecule has 0 saturated heterocycles. The van der Waals surface area contributed by atoms with Gasteiger partial charge in [-0.05, 0) is 49.2 Å². The van der Waals surface area contributed by atoms with E-state index in [4.69, 9.17) is 14.7 Å². The highest BCUT2D eigenvalue weighted by molar-refractivity contribution is 7.99. The van der Waals surface area contributed by atoms with E-state index >= 15 is 0 Å². The number of ether oxygens (including phenoxy) is 2. The van der Waals surface area contributed by atoms with Crippen LogP contribution < -0.4 is 20.6 Å². The molecule has 2 unspecified atom stereocenters. The molecule has 0 saturated carbocycles. The molecule has 0 spiro atoms. The topological polar surface area (TPSA) is 141 Å². The highest BCUT2D eigenvalue weighted by Gasteiger charge is 2.25. The Bertz CT molecular complexity index is 1090. The molecule has 0 aliphatic carbocycles. The van der Waals surface area contributed by atoms with Gasteiger partial charge in [0.25, 0.3) is 5.91 Å². The largest absolute Gasteiger partial charge is 0.595 e. The van der Waals surface area contributed by atoms with Crippen LogP contribution in [0.5, 0.6) is 5.75 Å². The SMILES string of the molecule is C=CCSCC(NC(=O)COc1ccccc1)C(=O)NC(C(=O)OCc1ccc([NH+]([O-])O)cc1)=C(C)C. The zero-order chi connectivity index (χ0) is 27.2. The first-order valence-corrected chi connectivity index (χ1v) is 12.5. The number of thioether (sulfide) groups is 1. The van der Waals surface area contributed by atoms with Crippen molar-refractivity contribution in [3.8, 4) is 5.75 Å². The number of para-hydroxylation sites is 1. The zero-order valence-electron chi connectivity index (χ0n) is 20.7. The molecule has 2 aromatic carbocycles. The summed E-state index contributed by atoms with van der Waals surface area (Å²) >= 11 is 1.39. The van der Waals surface area contributed by atoms with E-state index in [9.17, 15) is 19.6 Å². The standard InChI is InChI=1S/C26H31N3O7S/c1-4-14-37-17-22(27-23(30)16-35-21-8-6-5-7-9-21)25(31)28-24(18(2)3)26(32)36-15-19-10-12-20(13-11-19)29(33)34/h4-13,22,29,33H,1,14-17H2,2-3H3,(H,27,30)(H,28,31). The normalized spacial score (nSPS) is 12.0. The molecule has 4 N–H and O–H groups in total. The van der Waals surface area contributed by atoms with E-state index in [1.165, 1.54) is 36.0 Å². The van der Waals surface area contributed by atoms with Crippen molar-refractivity contribution in [3.05, 3.63) is 89.3 Å². The average Bonchev–Trinajstić information content (AvgIpc) is 2.89. The zero-order valence-corrected chi connectivity index (χ0v) is 21.5. The molecule has 0 aromatic heterocycles. The molecule has 0 bridgehead atoms. The Morgan fingerprint density at radius 1 is 1.14 bits per heavy atom. The summed E-state index contributed by atoms with van der Waals surface area (Å²) in [5, 5.41) is 24.1. The fourth-order valence-corrected chi connectivity index (χ4v) is 3.68. The summed E-state index contributed by atoms with van der Waals surface area (Å²) in [5.41, 5.74) is 1.17. The maximum Gasteiger partial charge on any atom is 0.355 e. The Morgan fingerprint density at radius 3 is 2.41 bits per heavy atom. The molecule has 0 aliphatic heterocycles. The molecular weight excluding hydrogens is 498 g/mol. The molecule has 10 nitrogen and oxygen atoms in total. The first-order chi connectivity index (χ1) is 17.7. The van der Waals surface area contributed by atoms with E-state index < -0.39 is 29.1 Å². The van der Waals surface area contributed by atoms with E-state index in [0.29, 0.717) is 22.6 Å². The number of carbonyl (C=O) groups is 3. The fraction of sp³-hybridized carbons (Fsp3) is 0.269. The molecule has 2 aromatic rings. The van der Waals surface area contributed by atoms with Crippen molar-refractivity contribution < 1.29 is 34.3 Å². The van der Waals surface area contributed by atoms with E-state index in [1.807, 2.05) is 6.07 Å². The van der Waals surface area contributed by atoms with E-state index in [-0.39, 0.29) is 30.4 Å². The van der Waals surface area contributed by atoms with Gasteiger partial charge < -0.3 is 25.3 Å². The second-order valence-corrected chi connectivity index (χ2v) is 9.07. The first-order valence-electron chi connectivity index (χ1n) is 11.3. The van der Waals surface area contributed by atoms with Gasteiger partial charge in [0.05, 0.1) is 0 Å². The number of allylic oxidation sites excluding steroid dienone is 1. The number of benzene rings is 2. The van der Waals surface area contributed by atoms with Crippen LogP contribution in [0.4, 0.5) is 5.69 Å². The second-order valence-electron chi connectivity index (χ2n) is 7.99. The van der Waals surface area contributed by atoms with Crippen LogP contribution in [0.25, 0.3) is 0 Å². The fourth-order valence-electron chi connectivity index (χ4n) is 2.91. The summed E-state index contributed by atoms with van der Waals surface area (Å²) in [6, 6.07) is 13.8. The van der Waals surface area contributed by atoms with Crippen LogP contribution in [0.15, 0.2) is 78.5 Å². The van der Waals surface area contributed by atoms with Crippen LogP contribution >= 0.6 is 11.8 Å². The Kier molecular flexibility index (Phi) is 12.4. The molecule has 0 radical (unpaired) electrons. The number of nitrogens with one attached hydrogen (secondary N) is 3. The Labute approximate surface area is 219 Å². The third-order valence-electron chi connectivity index (χ3n) is 4.81. The number of quaternary nitrogens is 1. The summed E-state index contributed by atoms with van der Waals surface area (Å²) in [4.78, 5) is 38.2. The molecule has 2 rings (SSSR count). The summed E-state index contributed by atoms with van der Waals surface area (Å²) in [6.07, 6.45) is 1.68. The van der Waals surface area contributed by atoms with Crippen molar-refractivity contribution in [2.75, 3.05) is 18.1 Å². The minimum Gasteiger partial charge on any atom is -0.595 e. The summed E-state index contributed by atoms with van der Waals surface area (Å²) in [7, 11) is 0. The second kappa shape index (κ2) is 15.5. The third kappa shape index (κ3) is 10.5. The first kappa shape index (κ1) is 29.6. The summed E-state index contributed by atoms with van der Waals surface area (Å²) in [6.45, 7) is 6.55. The van der Waals surface area contributed by atoms with Crippen LogP contribution in [-0.2, 0) is 25.7 Å². The third-order valence-corrected chi connectivity index (χ3v) is 5.85. The van der Waals surface area contributed by atoms with E-state index in [1.54, 1.807) is 44.2 Å². The van der Waals surface area contributed by atoms with E-state index in [2.05, 4.69) is 17.2 Å². The van der Waals surface area contributed by atoms with Gasteiger partial charge in [-0.15, -0.1) is 6.58 Å². The molecular formula is C26H31N3O7S. The summed E-state index contributed by atoms with van der Waals surface area (Å²) < 4.78 is 10.8. The minimum atomic E-state index is -1.06. The summed E-state index contributed by atoms with van der Waals surface area (Å²) in [5.74, 6) is -0.495. The lowest BCUT2D eigenvalue weighted by Crippen LogP contribution is -2.99. The molecule has 198 valence electrons. The predicted octanol–water partition coefficient (Wildman–Crippen LogP) is 2.03. The van der Waals surface area contributed by atoms with Gasteiger partial charge in [-0.1, -0.05) is 24.3 Å². The molecule has 0 fully saturated rings. The Morgan fingerprint density at radius 2 is 1.81 bits per heavy atom. The lowest BCUT2D eigenvalue weighted by Gasteiger charge is -2.20. The van der Waals surface area contributed by atoms with Crippen LogP contribution in [0.2, 0.25) is 0 Å². The smallest absolute Gasteiger partial charge is 0.355 e. The molecule has 2 atom stereocenters. The highest BCUT2D eigenvalue weighted by Crippen LogP contribution is 2.11. The van der Waals surface area contributed by atoms with Gasteiger partial charge in [0.2, 0.25) is 5.91 Å². The van der Waals surface area contributed by atoms with Crippen LogP contribution in [-0.4, -0.2) is 47.1 Å². The van der Waals surface area contributed by atoms with Crippen LogP contribution in [0.1, 0.15) is 19.4 Å². The Hall–Kier alpha value is -3.64. The van der Waals surface area contributed by atoms with Crippen molar-refractivity contribution in [2.24, 2.45) is 0 Å². The molecule has 0 aliphatic rings. The van der Waals surface area contributed by atoms with E-state index in [0.717, 1.165) is 0 Å². The van der Waals surface area contributed by atoms with Gasteiger partial charge in [0.15, 0.2) is 12.3 Å². The minimum absolute atomic E-state index is 0.0411. The lowest BCUT2D eigenvalue weighted by molar-refractivity contribution is -0.991. The van der Waals surface area contributed by atoms with Gasteiger partial charge in [0.1, 0.15) is 24.1 Å².